The molecule has 1 heterocycles. The van der Waals surface area contributed by atoms with Crippen molar-refractivity contribution in [3.63, 3.8) is 0 Å². The third kappa shape index (κ3) is 8.78. The molecule has 0 bridgehead atoms. The molecular formula is C21H34Cl2N4O3. The highest BCUT2D eigenvalue weighted by atomic mass is 35.5. The number of rotatable bonds is 8. The quantitative estimate of drug-likeness (QED) is 0.552. The van der Waals surface area contributed by atoms with Gasteiger partial charge in [-0.15, -0.1) is 24.8 Å². The number of nitrogens with one attached hydrogen (secondary N) is 2. The van der Waals surface area contributed by atoms with Crippen LogP contribution < -0.4 is 16.4 Å². The van der Waals surface area contributed by atoms with Crippen molar-refractivity contribution in [1.82, 2.24) is 10.2 Å². The lowest BCUT2D eigenvalue weighted by Gasteiger charge is -2.26. The highest BCUT2D eigenvalue weighted by Crippen LogP contribution is 2.26. The van der Waals surface area contributed by atoms with Crippen molar-refractivity contribution in [3.05, 3.63) is 29.8 Å². The van der Waals surface area contributed by atoms with Crippen molar-refractivity contribution < 1.29 is 14.3 Å². The second kappa shape index (κ2) is 13.8. The lowest BCUT2D eigenvalue weighted by molar-refractivity contribution is -0.122. The molecule has 2 atom stereocenters. The number of carbonyl (C=O) groups is 2. The highest BCUT2D eigenvalue weighted by molar-refractivity contribution is 5.90. The summed E-state index contributed by atoms with van der Waals surface area (Å²) in [4.78, 5) is 26.6. The average Bonchev–Trinajstić information content (AvgIpc) is 3.10. The maximum atomic E-state index is 12.2. The number of carbonyl (C=O) groups excluding carboxylic acids is 2. The van der Waals surface area contributed by atoms with Crippen molar-refractivity contribution in [1.29, 1.82) is 0 Å². The van der Waals surface area contributed by atoms with Gasteiger partial charge < -0.3 is 21.1 Å². The van der Waals surface area contributed by atoms with Crippen LogP contribution in [-0.4, -0.2) is 55.6 Å². The molecule has 0 spiro atoms. The van der Waals surface area contributed by atoms with Crippen molar-refractivity contribution in [2.75, 3.05) is 38.2 Å². The van der Waals surface area contributed by atoms with Crippen molar-refractivity contribution >= 4 is 42.3 Å². The number of ether oxygens (including phenoxy) is 1. The molecule has 1 aliphatic carbocycles. The fourth-order valence-corrected chi connectivity index (χ4v) is 3.90. The van der Waals surface area contributed by atoms with E-state index in [1.807, 2.05) is 24.3 Å². The van der Waals surface area contributed by atoms with Gasteiger partial charge in [-0.25, -0.2) is 0 Å². The summed E-state index contributed by atoms with van der Waals surface area (Å²) >= 11 is 0. The first-order chi connectivity index (χ1) is 13.6. The van der Waals surface area contributed by atoms with Crippen LogP contribution in [0, 0.1) is 5.92 Å². The highest BCUT2D eigenvalue weighted by Gasteiger charge is 2.25. The molecule has 0 aromatic heterocycles. The first-order valence-electron chi connectivity index (χ1n) is 10.3. The monoisotopic (exact) mass is 460 g/mol. The number of nitrogens with zero attached hydrogens (tertiary/aromatic N) is 1. The van der Waals surface area contributed by atoms with Gasteiger partial charge in [0.25, 0.3) is 0 Å². The summed E-state index contributed by atoms with van der Waals surface area (Å²) in [5.41, 5.74) is 7.77. The number of morpholine rings is 1. The van der Waals surface area contributed by atoms with E-state index in [2.05, 4.69) is 15.5 Å². The van der Waals surface area contributed by atoms with E-state index in [0.717, 1.165) is 63.4 Å². The van der Waals surface area contributed by atoms with Gasteiger partial charge >= 0.3 is 0 Å². The van der Waals surface area contributed by atoms with E-state index in [9.17, 15) is 9.59 Å². The molecule has 4 N–H and O–H groups in total. The summed E-state index contributed by atoms with van der Waals surface area (Å²) in [6.45, 7) is 4.44. The van der Waals surface area contributed by atoms with Gasteiger partial charge in [0, 0.05) is 50.7 Å². The Hall–Kier alpha value is -1.38. The van der Waals surface area contributed by atoms with E-state index >= 15 is 0 Å². The zero-order valence-electron chi connectivity index (χ0n) is 17.3. The van der Waals surface area contributed by atoms with E-state index < -0.39 is 0 Å². The molecule has 1 saturated carbocycles. The van der Waals surface area contributed by atoms with Crippen molar-refractivity contribution in [2.45, 2.75) is 44.7 Å². The molecule has 7 nitrogen and oxygen atoms in total. The number of benzene rings is 1. The maximum absolute atomic E-state index is 12.2. The summed E-state index contributed by atoms with van der Waals surface area (Å²) in [5, 5.41) is 5.92. The van der Waals surface area contributed by atoms with Gasteiger partial charge in [-0.1, -0.05) is 18.6 Å². The zero-order valence-corrected chi connectivity index (χ0v) is 18.9. The van der Waals surface area contributed by atoms with E-state index in [-0.39, 0.29) is 42.7 Å². The molecule has 30 heavy (non-hydrogen) atoms. The van der Waals surface area contributed by atoms with Gasteiger partial charge in [0.05, 0.1) is 13.2 Å². The van der Waals surface area contributed by atoms with Crippen LogP contribution in [0.1, 0.15) is 37.7 Å². The molecule has 0 radical (unpaired) electrons. The van der Waals surface area contributed by atoms with E-state index in [1.165, 1.54) is 0 Å². The molecule has 2 aliphatic rings. The Morgan fingerprint density at radius 1 is 1.13 bits per heavy atom. The largest absolute Gasteiger partial charge is 0.379 e. The van der Waals surface area contributed by atoms with Crippen LogP contribution in [0.4, 0.5) is 5.69 Å². The minimum Gasteiger partial charge on any atom is -0.379 e. The normalized spacial score (nSPS) is 21.2. The Bertz CT molecular complexity index is 671. The molecule has 1 aromatic carbocycles. The van der Waals surface area contributed by atoms with Gasteiger partial charge in [0.1, 0.15) is 0 Å². The Morgan fingerprint density at radius 3 is 2.60 bits per heavy atom. The Balaban J connectivity index is 0.00000225. The number of anilines is 1. The summed E-state index contributed by atoms with van der Waals surface area (Å²) in [7, 11) is 0. The first-order valence-corrected chi connectivity index (χ1v) is 10.3. The third-order valence-electron chi connectivity index (χ3n) is 5.62. The van der Waals surface area contributed by atoms with Crippen LogP contribution in [0.5, 0.6) is 0 Å². The third-order valence-corrected chi connectivity index (χ3v) is 5.62. The van der Waals surface area contributed by atoms with Crippen LogP contribution in [-0.2, 0) is 20.9 Å². The van der Waals surface area contributed by atoms with Crippen molar-refractivity contribution in [3.8, 4) is 0 Å². The molecule has 2 fully saturated rings. The predicted octanol–water partition coefficient (Wildman–Crippen LogP) is 2.32. The van der Waals surface area contributed by atoms with Gasteiger partial charge in [-0.2, -0.15) is 0 Å². The topological polar surface area (TPSA) is 96.7 Å². The second-order valence-electron chi connectivity index (χ2n) is 7.79. The molecule has 1 saturated heterocycles. The molecule has 0 unspecified atom stereocenters. The number of hydrogen-bond donors (Lipinski definition) is 3. The Kier molecular flexibility index (Phi) is 12.3. The second-order valence-corrected chi connectivity index (χ2v) is 7.79. The molecule has 170 valence electrons. The van der Waals surface area contributed by atoms with Gasteiger partial charge in [-0.3, -0.25) is 14.5 Å². The summed E-state index contributed by atoms with van der Waals surface area (Å²) in [6.07, 6.45) is 4.14. The van der Waals surface area contributed by atoms with Crippen LogP contribution in [0.25, 0.3) is 0 Å². The van der Waals surface area contributed by atoms with Crippen LogP contribution in [0.2, 0.25) is 0 Å². The molecular weight excluding hydrogens is 427 g/mol. The summed E-state index contributed by atoms with van der Waals surface area (Å²) in [6, 6.07) is 7.78. The molecule has 3 rings (SSSR count). The lowest BCUT2D eigenvalue weighted by Crippen LogP contribution is -2.38. The zero-order chi connectivity index (χ0) is 19.8. The minimum atomic E-state index is 0. The van der Waals surface area contributed by atoms with Gasteiger partial charge in [-0.05, 0) is 36.5 Å². The summed E-state index contributed by atoms with van der Waals surface area (Å²) < 4.78 is 5.32. The van der Waals surface area contributed by atoms with E-state index in [1.54, 1.807) is 0 Å². The fourth-order valence-electron chi connectivity index (χ4n) is 3.90. The number of halogens is 2. The average molecular weight is 461 g/mol. The minimum absolute atomic E-state index is 0. The number of nitrogens with two attached hydrogens (primary N) is 1. The van der Waals surface area contributed by atoms with Crippen LogP contribution >= 0.6 is 24.8 Å². The Labute approximate surface area is 191 Å². The molecule has 1 aliphatic heterocycles. The van der Waals surface area contributed by atoms with Crippen LogP contribution in [0.15, 0.2) is 24.3 Å². The maximum Gasteiger partial charge on any atom is 0.225 e. The van der Waals surface area contributed by atoms with Crippen molar-refractivity contribution in [2.24, 2.45) is 11.7 Å². The predicted molar refractivity (Wildman–Crippen MR) is 123 cm³/mol. The van der Waals surface area contributed by atoms with Gasteiger partial charge in [0.15, 0.2) is 0 Å². The fraction of sp³-hybridized carbons (Fsp3) is 0.619. The van der Waals surface area contributed by atoms with E-state index in [4.69, 9.17) is 10.5 Å². The first kappa shape index (κ1) is 26.7. The van der Waals surface area contributed by atoms with E-state index in [0.29, 0.717) is 25.3 Å². The Morgan fingerprint density at radius 2 is 1.90 bits per heavy atom. The SMILES string of the molecule is Cl.Cl.N[C@@H]1CCC[C@H]1CC(=O)NCc1cccc(NC(=O)CCN2CCOCC2)c1. The number of amides is 2. The van der Waals surface area contributed by atoms with Crippen LogP contribution in [0.3, 0.4) is 0 Å². The standard InChI is InChI=1S/C21H32N4O3.2ClH/c22-19-6-2-4-17(19)14-21(27)23-15-16-3-1-5-18(13-16)24-20(26)7-8-25-9-11-28-12-10-25;;/h1,3,5,13,17,19H,2,4,6-12,14-15,22H2,(H,23,27)(H,24,26);2*1H/t17-,19+;;/m0../s1. The van der Waals surface area contributed by atoms with Gasteiger partial charge in [0.2, 0.25) is 11.8 Å². The molecule has 1 aromatic rings. The molecule has 2 amide bonds. The lowest BCUT2D eigenvalue weighted by atomic mass is 10.00. The molecule has 9 heteroatoms. The number of hydrogen-bond acceptors (Lipinski definition) is 5. The smallest absolute Gasteiger partial charge is 0.225 e. The summed E-state index contributed by atoms with van der Waals surface area (Å²) in [5.74, 6) is 0.349.